The van der Waals surface area contributed by atoms with Crippen molar-refractivity contribution in [3.05, 3.63) is 63.5 Å². The van der Waals surface area contributed by atoms with Crippen LogP contribution in [0.3, 0.4) is 0 Å². The monoisotopic (exact) mass is 414 g/mol. The zero-order chi connectivity index (χ0) is 20.5. The van der Waals surface area contributed by atoms with Gasteiger partial charge in [0.25, 0.3) is 0 Å². The maximum Gasteiger partial charge on any atom is 0.328 e. The van der Waals surface area contributed by atoms with Gasteiger partial charge in [-0.3, -0.25) is 18.8 Å². The van der Waals surface area contributed by atoms with Crippen molar-refractivity contribution in [1.82, 2.24) is 14.0 Å². The normalized spacial score (nSPS) is 16.1. The Balaban J connectivity index is 1.65. The van der Waals surface area contributed by atoms with Crippen molar-refractivity contribution in [2.24, 2.45) is 14.1 Å². The van der Waals surface area contributed by atoms with E-state index in [2.05, 4.69) is 10.2 Å². The molecular weight excluding hydrogens is 392 g/mol. The van der Waals surface area contributed by atoms with Gasteiger partial charge < -0.3 is 10.1 Å². The molecular formula is C21H23ClN4O3. The fourth-order valence-electron chi connectivity index (χ4n) is 3.80. The zero-order valence-corrected chi connectivity index (χ0v) is 17.1. The van der Waals surface area contributed by atoms with Gasteiger partial charge in [0, 0.05) is 37.9 Å². The highest BCUT2D eigenvalue weighted by molar-refractivity contribution is 6.30. The van der Waals surface area contributed by atoms with Gasteiger partial charge in [0.05, 0.1) is 24.2 Å². The lowest BCUT2D eigenvalue weighted by molar-refractivity contribution is -0.123. The summed E-state index contributed by atoms with van der Waals surface area (Å²) in [5.41, 5.74) is 3.01. The number of aromatic nitrogens is 2. The van der Waals surface area contributed by atoms with Gasteiger partial charge in [-0.25, -0.2) is 4.79 Å². The molecule has 0 saturated carbocycles. The number of rotatable bonds is 4. The molecule has 1 saturated heterocycles. The third-order valence-electron chi connectivity index (χ3n) is 5.38. The third kappa shape index (κ3) is 3.81. The summed E-state index contributed by atoms with van der Waals surface area (Å²) in [5.74, 6) is -0.130. The second kappa shape index (κ2) is 8.02. The van der Waals surface area contributed by atoms with Crippen LogP contribution in [0.5, 0.6) is 0 Å². The van der Waals surface area contributed by atoms with E-state index in [1.165, 1.54) is 0 Å². The van der Waals surface area contributed by atoms with Crippen LogP contribution < -0.4 is 11.0 Å². The quantitative estimate of drug-likeness (QED) is 0.712. The first-order valence-electron chi connectivity index (χ1n) is 9.49. The number of carbonyl (C=O) groups excluding carboxylic acids is 1. The number of fused-ring (bicyclic) bond motifs is 1. The topological polar surface area (TPSA) is 68.5 Å². The van der Waals surface area contributed by atoms with E-state index in [9.17, 15) is 9.59 Å². The smallest absolute Gasteiger partial charge is 0.328 e. The minimum Gasteiger partial charge on any atom is -0.379 e. The summed E-state index contributed by atoms with van der Waals surface area (Å²) in [6.45, 7) is 2.53. The molecule has 1 aliphatic heterocycles. The number of hydrogen-bond acceptors (Lipinski definition) is 4. The summed E-state index contributed by atoms with van der Waals surface area (Å²) < 4.78 is 8.61. The van der Waals surface area contributed by atoms with Crippen LogP contribution in [0.1, 0.15) is 11.6 Å². The largest absolute Gasteiger partial charge is 0.379 e. The van der Waals surface area contributed by atoms with Crippen molar-refractivity contribution in [2.75, 3.05) is 31.6 Å². The van der Waals surface area contributed by atoms with Gasteiger partial charge in [0.1, 0.15) is 6.04 Å². The van der Waals surface area contributed by atoms with E-state index in [-0.39, 0.29) is 11.6 Å². The summed E-state index contributed by atoms with van der Waals surface area (Å²) in [7, 11) is 3.46. The average Bonchev–Trinajstić information content (AvgIpc) is 2.94. The van der Waals surface area contributed by atoms with Gasteiger partial charge in [-0.05, 0) is 35.9 Å². The number of anilines is 1. The van der Waals surface area contributed by atoms with Crippen LogP contribution in [-0.2, 0) is 23.6 Å². The predicted molar refractivity (Wildman–Crippen MR) is 113 cm³/mol. The van der Waals surface area contributed by atoms with Crippen molar-refractivity contribution < 1.29 is 9.53 Å². The summed E-state index contributed by atoms with van der Waals surface area (Å²) in [5, 5.41) is 3.65. The van der Waals surface area contributed by atoms with Crippen molar-refractivity contribution >= 4 is 34.2 Å². The molecule has 1 aliphatic rings. The maximum atomic E-state index is 13.3. The lowest BCUT2D eigenvalue weighted by Gasteiger charge is -2.33. The van der Waals surface area contributed by atoms with Gasteiger partial charge >= 0.3 is 5.69 Å². The van der Waals surface area contributed by atoms with Crippen molar-refractivity contribution in [3.63, 3.8) is 0 Å². The van der Waals surface area contributed by atoms with Gasteiger partial charge in [0.2, 0.25) is 5.91 Å². The molecule has 2 heterocycles. The first-order valence-corrected chi connectivity index (χ1v) is 9.87. The second-order valence-corrected chi connectivity index (χ2v) is 7.63. The number of amides is 1. The molecule has 0 aliphatic carbocycles. The standard InChI is InChI=1S/C21H23ClN4O3/c1-24-17-8-7-16(13-18(17)25(2)21(24)28)23-20(27)19(26-9-11-29-12-10-26)14-3-5-15(22)6-4-14/h3-8,13,19H,9-12H2,1-2H3,(H,23,27)/t19-/m1/s1. The Hall–Kier alpha value is -2.61. The molecule has 29 heavy (non-hydrogen) atoms. The Morgan fingerprint density at radius 2 is 1.69 bits per heavy atom. The van der Waals surface area contributed by atoms with Crippen molar-refractivity contribution in [2.45, 2.75) is 6.04 Å². The second-order valence-electron chi connectivity index (χ2n) is 7.20. The number of imidazole rings is 1. The molecule has 0 unspecified atom stereocenters. The number of benzene rings is 2. The van der Waals surface area contributed by atoms with Crippen molar-refractivity contribution in [1.29, 1.82) is 0 Å². The van der Waals surface area contributed by atoms with E-state index >= 15 is 0 Å². The molecule has 1 atom stereocenters. The first-order chi connectivity index (χ1) is 14.0. The van der Waals surface area contributed by atoms with Crippen LogP contribution in [0.15, 0.2) is 47.3 Å². The van der Waals surface area contributed by atoms with Crippen LogP contribution >= 0.6 is 11.6 Å². The maximum absolute atomic E-state index is 13.3. The van der Waals surface area contributed by atoms with E-state index in [0.29, 0.717) is 37.0 Å². The van der Waals surface area contributed by atoms with Crippen LogP contribution in [0, 0.1) is 0 Å². The summed E-state index contributed by atoms with van der Waals surface area (Å²) >= 11 is 6.03. The number of halogens is 1. The van der Waals surface area contributed by atoms with E-state index < -0.39 is 6.04 Å². The Bertz CT molecular complexity index is 1100. The highest BCUT2D eigenvalue weighted by Gasteiger charge is 2.29. The lowest BCUT2D eigenvalue weighted by atomic mass is 10.0. The Kier molecular flexibility index (Phi) is 5.45. The zero-order valence-electron chi connectivity index (χ0n) is 16.4. The Labute approximate surface area is 173 Å². The van der Waals surface area contributed by atoms with E-state index in [0.717, 1.165) is 16.6 Å². The highest BCUT2D eigenvalue weighted by atomic mass is 35.5. The molecule has 2 aromatic carbocycles. The number of ether oxygens (including phenoxy) is 1. The Morgan fingerprint density at radius 1 is 1.03 bits per heavy atom. The van der Waals surface area contributed by atoms with Gasteiger partial charge in [-0.15, -0.1) is 0 Å². The SMILES string of the molecule is Cn1c(=O)n(C)c2cc(NC(=O)[C@@H](c3ccc(Cl)cc3)N3CCOCC3)ccc21. The highest BCUT2D eigenvalue weighted by Crippen LogP contribution is 2.26. The number of carbonyl (C=O) groups is 1. The van der Waals surface area contributed by atoms with Crippen molar-refractivity contribution in [3.8, 4) is 0 Å². The molecule has 7 nitrogen and oxygen atoms in total. The molecule has 4 rings (SSSR count). The number of aryl methyl sites for hydroxylation is 2. The van der Waals surface area contributed by atoms with E-state index in [1.807, 2.05) is 30.3 Å². The first kappa shape index (κ1) is 19.7. The van der Waals surface area contributed by atoms with Crippen LogP contribution in [0.25, 0.3) is 11.0 Å². The molecule has 3 aromatic rings. The fraction of sp³-hybridized carbons (Fsp3) is 0.333. The van der Waals surface area contributed by atoms with Gasteiger partial charge in [0.15, 0.2) is 0 Å². The molecule has 0 radical (unpaired) electrons. The Morgan fingerprint density at radius 3 is 2.38 bits per heavy atom. The third-order valence-corrected chi connectivity index (χ3v) is 5.64. The minimum atomic E-state index is -0.452. The molecule has 0 bridgehead atoms. The van der Waals surface area contributed by atoms with Crippen LogP contribution in [0.2, 0.25) is 5.02 Å². The molecule has 1 N–H and O–H groups in total. The fourth-order valence-corrected chi connectivity index (χ4v) is 3.93. The lowest BCUT2D eigenvalue weighted by Crippen LogP contribution is -2.43. The van der Waals surface area contributed by atoms with E-state index in [4.69, 9.17) is 16.3 Å². The average molecular weight is 415 g/mol. The van der Waals surface area contributed by atoms with Crippen LogP contribution in [0.4, 0.5) is 5.69 Å². The van der Waals surface area contributed by atoms with Crippen LogP contribution in [-0.4, -0.2) is 46.2 Å². The number of nitrogens with zero attached hydrogens (tertiary/aromatic N) is 3. The summed E-state index contributed by atoms with van der Waals surface area (Å²) in [6.07, 6.45) is 0. The number of nitrogens with one attached hydrogen (secondary N) is 1. The van der Waals surface area contributed by atoms with Gasteiger partial charge in [-0.2, -0.15) is 0 Å². The molecule has 152 valence electrons. The number of hydrogen-bond donors (Lipinski definition) is 1. The van der Waals surface area contributed by atoms with E-state index in [1.54, 1.807) is 35.4 Å². The summed E-state index contributed by atoms with van der Waals surface area (Å²) in [4.78, 5) is 27.6. The molecule has 8 heteroatoms. The van der Waals surface area contributed by atoms with Gasteiger partial charge in [-0.1, -0.05) is 23.7 Å². The molecule has 0 spiro atoms. The summed E-state index contributed by atoms with van der Waals surface area (Å²) in [6, 6.07) is 12.4. The molecule has 1 amide bonds. The number of morpholine rings is 1. The molecule has 1 aromatic heterocycles. The predicted octanol–water partition coefficient (Wildman–Crippen LogP) is 2.54. The minimum absolute atomic E-state index is 0.101. The molecule has 1 fully saturated rings.